The number of hydrogen-bond acceptors (Lipinski definition) is 7. The second-order valence-corrected chi connectivity index (χ2v) is 10.00. The molecule has 0 amide bonds. The zero-order valence-electron chi connectivity index (χ0n) is 17.8. The molecule has 0 spiro atoms. The number of sulfone groups is 1. The average Bonchev–Trinajstić information content (AvgIpc) is 3.20. The van der Waals surface area contributed by atoms with Gasteiger partial charge in [0, 0.05) is 68.7 Å². The average molecular weight is 481 g/mol. The molecule has 0 N–H and O–H groups in total. The highest BCUT2D eigenvalue weighted by atomic mass is 35.5. The molecule has 3 heterocycles. The highest BCUT2D eigenvalue weighted by Crippen LogP contribution is 2.27. The van der Waals surface area contributed by atoms with E-state index in [9.17, 15) is 12.8 Å². The van der Waals surface area contributed by atoms with E-state index in [1.165, 1.54) is 18.4 Å². The molecule has 0 atom stereocenters. The minimum atomic E-state index is -3.00. The van der Waals surface area contributed by atoms with Crippen molar-refractivity contribution >= 4 is 28.1 Å². The number of hydrogen-bond donors (Lipinski definition) is 0. The van der Waals surface area contributed by atoms with Crippen molar-refractivity contribution in [2.45, 2.75) is 13.1 Å². The standard InChI is InChI=1S/C21H25FN6O2S.ClH/c1-31(29,30)13-12-28-16-17(14-25-28)15-26-8-10-27(11-9-26)21-20(23-6-7-24-21)18-2-4-19(22)5-3-18;/h2-7,14,16H,8-13,15H2,1H3;1H. The Bertz CT molecular complexity index is 1130. The van der Waals surface area contributed by atoms with Crippen LogP contribution in [0.3, 0.4) is 0 Å². The van der Waals surface area contributed by atoms with E-state index in [0.29, 0.717) is 6.54 Å². The Kier molecular flexibility index (Phi) is 7.81. The predicted molar refractivity (Wildman–Crippen MR) is 124 cm³/mol. The first-order valence-corrected chi connectivity index (χ1v) is 12.2. The van der Waals surface area contributed by atoms with E-state index >= 15 is 0 Å². The molecule has 0 saturated carbocycles. The first-order valence-electron chi connectivity index (χ1n) is 10.1. The van der Waals surface area contributed by atoms with Crippen LogP contribution in [0.15, 0.2) is 49.1 Å². The van der Waals surface area contributed by atoms with Crippen LogP contribution in [0.1, 0.15) is 5.56 Å². The fourth-order valence-electron chi connectivity index (χ4n) is 3.62. The molecule has 1 saturated heterocycles. The molecule has 0 bridgehead atoms. The maximum absolute atomic E-state index is 13.3. The van der Waals surface area contributed by atoms with Crippen LogP contribution in [-0.2, 0) is 22.9 Å². The van der Waals surface area contributed by atoms with Crippen LogP contribution in [0.2, 0.25) is 0 Å². The van der Waals surface area contributed by atoms with E-state index in [4.69, 9.17) is 0 Å². The van der Waals surface area contributed by atoms with Crippen molar-refractivity contribution in [1.82, 2.24) is 24.6 Å². The highest BCUT2D eigenvalue weighted by Gasteiger charge is 2.22. The molecular weight excluding hydrogens is 455 g/mol. The van der Waals surface area contributed by atoms with Crippen LogP contribution in [0.25, 0.3) is 11.3 Å². The Morgan fingerprint density at radius 2 is 1.72 bits per heavy atom. The van der Waals surface area contributed by atoms with Crippen molar-refractivity contribution < 1.29 is 12.8 Å². The fraction of sp³-hybridized carbons (Fsp3) is 0.381. The van der Waals surface area contributed by atoms with Gasteiger partial charge in [-0.15, -0.1) is 12.4 Å². The summed E-state index contributed by atoms with van der Waals surface area (Å²) in [6, 6.07) is 6.31. The summed E-state index contributed by atoms with van der Waals surface area (Å²) in [4.78, 5) is 13.6. The van der Waals surface area contributed by atoms with Gasteiger partial charge in [0.25, 0.3) is 0 Å². The third-order valence-corrected chi connectivity index (χ3v) is 6.18. The SMILES string of the molecule is CS(=O)(=O)CCn1cc(CN2CCN(c3nccnc3-c3ccc(F)cc3)CC2)cn1.Cl. The third-order valence-electron chi connectivity index (χ3n) is 5.25. The van der Waals surface area contributed by atoms with E-state index in [1.54, 1.807) is 35.4 Å². The maximum Gasteiger partial charge on any atom is 0.155 e. The molecule has 1 aliphatic heterocycles. The zero-order valence-corrected chi connectivity index (χ0v) is 19.4. The summed E-state index contributed by atoms with van der Waals surface area (Å²) < 4.78 is 37.6. The van der Waals surface area contributed by atoms with Gasteiger partial charge in [0.15, 0.2) is 5.82 Å². The van der Waals surface area contributed by atoms with Gasteiger partial charge in [0.2, 0.25) is 0 Å². The lowest BCUT2D eigenvalue weighted by atomic mass is 10.1. The second-order valence-electron chi connectivity index (χ2n) is 7.74. The molecule has 2 aromatic heterocycles. The lowest BCUT2D eigenvalue weighted by molar-refractivity contribution is 0.249. The Morgan fingerprint density at radius 3 is 2.41 bits per heavy atom. The summed E-state index contributed by atoms with van der Waals surface area (Å²) in [6.45, 7) is 4.44. The predicted octanol–water partition coefficient (Wildman–Crippen LogP) is 2.27. The van der Waals surface area contributed by atoms with Crippen LogP contribution in [0.5, 0.6) is 0 Å². The van der Waals surface area contributed by atoms with Crippen molar-refractivity contribution in [3.8, 4) is 11.3 Å². The minimum Gasteiger partial charge on any atom is -0.352 e. The molecule has 1 aliphatic rings. The zero-order chi connectivity index (χ0) is 21.8. The largest absolute Gasteiger partial charge is 0.352 e. The summed E-state index contributed by atoms with van der Waals surface area (Å²) in [5.74, 6) is 0.617. The van der Waals surface area contributed by atoms with Crippen molar-refractivity contribution in [2.24, 2.45) is 0 Å². The van der Waals surface area contributed by atoms with Gasteiger partial charge >= 0.3 is 0 Å². The molecule has 8 nitrogen and oxygen atoms in total. The van der Waals surface area contributed by atoms with Gasteiger partial charge in [-0.2, -0.15) is 5.10 Å². The van der Waals surface area contributed by atoms with Gasteiger partial charge in [-0.3, -0.25) is 14.6 Å². The van der Waals surface area contributed by atoms with Crippen LogP contribution in [-0.4, -0.2) is 71.3 Å². The first kappa shape index (κ1) is 24.1. The molecular formula is C21H26ClFN6O2S. The van der Waals surface area contributed by atoms with Crippen LogP contribution < -0.4 is 4.90 Å². The summed E-state index contributed by atoms with van der Waals surface area (Å²) in [7, 11) is -3.00. The molecule has 172 valence electrons. The van der Waals surface area contributed by atoms with Gasteiger partial charge < -0.3 is 4.90 Å². The first-order chi connectivity index (χ1) is 14.9. The number of anilines is 1. The van der Waals surface area contributed by atoms with Gasteiger partial charge in [-0.1, -0.05) is 0 Å². The van der Waals surface area contributed by atoms with Crippen molar-refractivity contribution in [2.75, 3.05) is 43.1 Å². The smallest absolute Gasteiger partial charge is 0.155 e. The van der Waals surface area contributed by atoms with E-state index in [0.717, 1.165) is 55.4 Å². The number of nitrogens with zero attached hydrogens (tertiary/aromatic N) is 6. The van der Waals surface area contributed by atoms with E-state index < -0.39 is 9.84 Å². The lowest BCUT2D eigenvalue weighted by Crippen LogP contribution is -2.46. The number of aromatic nitrogens is 4. The summed E-state index contributed by atoms with van der Waals surface area (Å²) in [6.07, 6.45) is 8.27. The van der Waals surface area contributed by atoms with Crippen LogP contribution in [0, 0.1) is 5.82 Å². The molecule has 0 unspecified atom stereocenters. The van der Waals surface area contributed by atoms with Crippen molar-refractivity contribution in [1.29, 1.82) is 0 Å². The fourth-order valence-corrected chi connectivity index (χ4v) is 4.14. The molecule has 0 radical (unpaired) electrons. The lowest BCUT2D eigenvalue weighted by Gasteiger charge is -2.35. The van der Waals surface area contributed by atoms with Crippen LogP contribution in [0.4, 0.5) is 10.2 Å². The normalized spacial score (nSPS) is 14.9. The van der Waals surface area contributed by atoms with Crippen molar-refractivity contribution in [3.63, 3.8) is 0 Å². The molecule has 11 heteroatoms. The van der Waals surface area contributed by atoms with E-state index in [-0.39, 0.29) is 24.0 Å². The molecule has 1 aromatic carbocycles. The quantitative estimate of drug-likeness (QED) is 0.513. The number of rotatable bonds is 7. The number of benzene rings is 1. The summed E-state index contributed by atoms with van der Waals surface area (Å²) in [5.41, 5.74) is 2.66. The minimum absolute atomic E-state index is 0. The topological polar surface area (TPSA) is 84.2 Å². The maximum atomic E-state index is 13.3. The van der Waals surface area contributed by atoms with E-state index in [2.05, 4.69) is 24.9 Å². The number of halogens is 2. The molecule has 0 aliphatic carbocycles. The van der Waals surface area contributed by atoms with E-state index in [1.807, 2.05) is 6.20 Å². The monoisotopic (exact) mass is 480 g/mol. The Morgan fingerprint density at radius 1 is 1.03 bits per heavy atom. The number of aryl methyl sites for hydroxylation is 1. The number of piperazine rings is 1. The van der Waals surface area contributed by atoms with Crippen molar-refractivity contribution in [3.05, 3.63) is 60.4 Å². The Hall–Kier alpha value is -2.56. The molecule has 3 aromatic rings. The summed E-state index contributed by atoms with van der Waals surface area (Å²) >= 11 is 0. The van der Waals surface area contributed by atoms with Gasteiger partial charge in [0.1, 0.15) is 21.3 Å². The van der Waals surface area contributed by atoms with Crippen LogP contribution >= 0.6 is 12.4 Å². The second kappa shape index (κ2) is 10.4. The van der Waals surface area contributed by atoms with Gasteiger partial charge in [0.05, 0.1) is 18.5 Å². The molecule has 4 rings (SSSR count). The van der Waals surface area contributed by atoms with Gasteiger partial charge in [-0.05, 0) is 24.3 Å². The highest BCUT2D eigenvalue weighted by molar-refractivity contribution is 7.90. The Balaban J connectivity index is 0.00000289. The third kappa shape index (κ3) is 6.24. The summed E-state index contributed by atoms with van der Waals surface area (Å²) in [5, 5.41) is 4.27. The molecule has 32 heavy (non-hydrogen) atoms. The Labute approximate surface area is 193 Å². The van der Waals surface area contributed by atoms with Gasteiger partial charge in [-0.25, -0.2) is 17.8 Å². The molecule has 1 fully saturated rings.